The molecule has 1 aliphatic rings. The van der Waals surface area contributed by atoms with E-state index in [-0.39, 0.29) is 12.1 Å². The van der Waals surface area contributed by atoms with Gasteiger partial charge in [0.25, 0.3) is 0 Å². The van der Waals surface area contributed by atoms with Crippen LogP contribution in [0.25, 0.3) is 0 Å². The second-order valence-electron chi connectivity index (χ2n) is 5.84. The molecule has 1 N–H and O–H groups in total. The maximum absolute atomic E-state index is 12.2. The minimum absolute atomic E-state index is 0.0105. The highest BCUT2D eigenvalue weighted by atomic mass is 16.3. The average molecular weight is 307 g/mol. The Balaban J connectivity index is 2.00. The van der Waals surface area contributed by atoms with E-state index in [0.717, 1.165) is 31.9 Å². The zero-order chi connectivity index (χ0) is 15.8. The van der Waals surface area contributed by atoms with Crippen LogP contribution in [0.15, 0.2) is 22.8 Å². The van der Waals surface area contributed by atoms with E-state index in [9.17, 15) is 4.79 Å². The van der Waals surface area contributed by atoms with Crippen LogP contribution in [0.2, 0.25) is 0 Å². The summed E-state index contributed by atoms with van der Waals surface area (Å²) in [6.45, 7) is 8.22. The Labute approximate surface area is 133 Å². The zero-order valence-electron chi connectivity index (χ0n) is 13.9. The first-order valence-corrected chi connectivity index (χ1v) is 8.56. The molecule has 22 heavy (non-hydrogen) atoms. The van der Waals surface area contributed by atoms with Crippen molar-refractivity contribution in [2.45, 2.75) is 45.6 Å². The van der Waals surface area contributed by atoms with Crippen molar-refractivity contribution in [3.8, 4) is 0 Å². The Morgan fingerprint density at radius 3 is 2.50 bits per heavy atom. The monoisotopic (exact) mass is 307 g/mol. The first kappa shape index (κ1) is 16.9. The number of carbonyl (C=O) groups excluding carboxylic acids is 1. The minimum atomic E-state index is 0.0105. The summed E-state index contributed by atoms with van der Waals surface area (Å²) in [7, 11) is 0. The van der Waals surface area contributed by atoms with Gasteiger partial charge in [0.15, 0.2) is 0 Å². The van der Waals surface area contributed by atoms with Crippen molar-refractivity contribution >= 4 is 6.03 Å². The molecule has 1 saturated heterocycles. The van der Waals surface area contributed by atoms with Crippen LogP contribution >= 0.6 is 0 Å². The number of amides is 2. The van der Waals surface area contributed by atoms with E-state index in [1.165, 1.54) is 25.7 Å². The lowest BCUT2D eigenvalue weighted by molar-refractivity contribution is 0.167. The minimum Gasteiger partial charge on any atom is -0.468 e. The van der Waals surface area contributed by atoms with Crippen LogP contribution in [0.5, 0.6) is 0 Å². The van der Waals surface area contributed by atoms with Gasteiger partial charge in [0.1, 0.15) is 5.76 Å². The van der Waals surface area contributed by atoms with Gasteiger partial charge in [-0.15, -0.1) is 0 Å². The zero-order valence-corrected chi connectivity index (χ0v) is 13.9. The molecule has 1 atom stereocenters. The molecule has 124 valence electrons. The number of carbonyl (C=O) groups is 1. The lowest BCUT2D eigenvalue weighted by atomic mass is 10.1. The molecule has 1 aromatic heterocycles. The number of nitrogens with one attached hydrogen (secondary N) is 1. The maximum Gasteiger partial charge on any atom is 0.317 e. The number of rotatable bonds is 6. The highest BCUT2D eigenvalue weighted by Crippen LogP contribution is 2.24. The van der Waals surface area contributed by atoms with Gasteiger partial charge in [-0.05, 0) is 51.9 Å². The number of urea groups is 1. The fourth-order valence-electron chi connectivity index (χ4n) is 3.10. The molecule has 1 fully saturated rings. The van der Waals surface area contributed by atoms with Gasteiger partial charge in [-0.1, -0.05) is 12.8 Å². The normalized spacial score (nSPS) is 17.7. The molecule has 0 aromatic carbocycles. The van der Waals surface area contributed by atoms with Gasteiger partial charge in [-0.25, -0.2) is 4.79 Å². The summed E-state index contributed by atoms with van der Waals surface area (Å²) in [5.41, 5.74) is 0. The molecule has 1 unspecified atom stereocenters. The van der Waals surface area contributed by atoms with Crippen LogP contribution in [0, 0.1) is 0 Å². The maximum atomic E-state index is 12.2. The van der Waals surface area contributed by atoms with E-state index in [2.05, 4.69) is 10.2 Å². The third kappa shape index (κ3) is 4.50. The van der Waals surface area contributed by atoms with Gasteiger partial charge in [-0.3, -0.25) is 4.90 Å². The molecule has 2 rings (SSSR count). The van der Waals surface area contributed by atoms with E-state index >= 15 is 0 Å². The lowest BCUT2D eigenvalue weighted by Crippen LogP contribution is -2.44. The van der Waals surface area contributed by atoms with Gasteiger partial charge in [-0.2, -0.15) is 0 Å². The van der Waals surface area contributed by atoms with Crippen LogP contribution in [-0.2, 0) is 0 Å². The predicted octanol–water partition coefficient (Wildman–Crippen LogP) is 3.25. The third-order valence-corrected chi connectivity index (χ3v) is 4.45. The molecule has 5 nitrogen and oxygen atoms in total. The largest absolute Gasteiger partial charge is 0.468 e. The van der Waals surface area contributed by atoms with Crippen LogP contribution in [-0.4, -0.2) is 48.6 Å². The van der Waals surface area contributed by atoms with E-state index < -0.39 is 0 Å². The van der Waals surface area contributed by atoms with Crippen molar-refractivity contribution in [2.24, 2.45) is 0 Å². The first-order chi connectivity index (χ1) is 10.8. The molecule has 5 heteroatoms. The molecule has 1 aliphatic heterocycles. The number of furan rings is 1. The molecule has 0 bridgehead atoms. The number of nitrogens with zero attached hydrogens (tertiary/aromatic N) is 2. The summed E-state index contributed by atoms with van der Waals surface area (Å²) in [4.78, 5) is 16.5. The molecule has 1 aromatic rings. The summed E-state index contributed by atoms with van der Waals surface area (Å²) in [5, 5.41) is 3.08. The van der Waals surface area contributed by atoms with Crippen molar-refractivity contribution in [3.63, 3.8) is 0 Å². The second kappa shape index (κ2) is 8.83. The van der Waals surface area contributed by atoms with E-state index in [4.69, 9.17) is 4.42 Å². The molecular formula is C17H29N3O2. The van der Waals surface area contributed by atoms with Crippen LogP contribution in [0.4, 0.5) is 4.79 Å². The highest BCUT2D eigenvalue weighted by Gasteiger charge is 2.24. The molecule has 2 amide bonds. The molecular weight excluding hydrogens is 278 g/mol. The Hall–Kier alpha value is -1.49. The Morgan fingerprint density at radius 1 is 1.27 bits per heavy atom. The summed E-state index contributed by atoms with van der Waals surface area (Å²) >= 11 is 0. The number of hydrogen-bond donors (Lipinski definition) is 1. The van der Waals surface area contributed by atoms with Crippen molar-refractivity contribution < 1.29 is 9.21 Å². The Bertz CT molecular complexity index is 421. The SMILES string of the molecule is CCN(CC)C(=O)NCC(c1ccco1)N1CCCCCC1. The smallest absolute Gasteiger partial charge is 0.317 e. The second-order valence-corrected chi connectivity index (χ2v) is 5.84. The topological polar surface area (TPSA) is 48.7 Å². The van der Waals surface area contributed by atoms with Gasteiger partial charge in [0, 0.05) is 19.6 Å². The molecule has 0 saturated carbocycles. The van der Waals surface area contributed by atoms with Crippen molar-refractivity contribution in [2.75, 3.05) is 32.7 Å². The van der Waals surface area contributed by atoms with Gasteiger partial charge in [0.2, 0.25) is 0 Å². The van der Waals surface area contributed by atoms with E-state index in [0.29, 0.717) is 6.54 Å². The van der Waals surface area contributed by atoms with Gasteiger partial charge in [0.05, 0.1) is 12.3 Å². The van der Waals surface area contributed by atoms with Crippen molar-refractivity contribution in [1.82, 2.24) is 15.1 Å². The van der Waals surface area contributed by atoms with Gasteiger partial charge >= 0.3 is 6.03 Å². The standard InChI is InChI=1S/C17H29N3O2/c1-3-19(4-2)17(21)18-14-15(16-10-9-13-22-16)20-11-7-5-6-8-12-20/h9-10,13,15H,3-8,11-12,14H2,1-2H3,(H,18,21). The summed E-state index contributed by atoms with van der Waals surface area (Å²) in [6.07, 6.45) is 6.76. The third-order valence-electron chi connectivity index (χ3n) is 4.45. The fourth-order valence-corrected chi connectivity index (χ4v) is 3.10. The lowest BCUT2D eigenvalue weighted by Gasteiger charge is -2.30. The molecule has 2 heterocycles. The highest BCUT2D eigenvalue weighted by molar-refractivity contribution is 5.74. The summed E-state index contributed by atoms with van der Waals surface area (Å²) < 4.78 is 5.63. The van der Waals surface area contributed by atoms with Crippen molar-refractivity contribution in [1.29, 1.82) is 0 Å². The fraction of sp³-hybridized carbons (Fsp3) is 0.706. The first-order valence-electron chi connectivity index (χ1n) is 8.56. The van der Waals surface area contributed by atoms with E-state index in [1.807, 2.05) is 30.9 Å². The molecule has 0 spiro atoms. The van der Waals surface area contributed by atoms with Crippen LogP contribution in [0.1, 0.15) is 51.3 Å². The van der Waals surface area contributed by atoms with E-state index in [1.54, 1.807) is 6.26 Å². The number of likely N-dealkylation sites (tertiary alicyclic amines) is 1. The average Bonchev–Trinajstić information content (AvgIpc) is 2.92. The Morgan fingerprint density at radius 2 is 1.95 bits per heavy atom. The Kier molecular flexibility index (Phi) is 6.77. The summed E-state index contributed by atoms with van der Waals surface area (Å²) in [5.74, 6) is 0.946. The number of hydrogen-bond acceptors (Lipinski definition) is 3. The molecule has 0 aliphatic carbocycles. The van der Waals surface area contributed by atoms with Crippen LogP contribution < -0.4 is 5.32 Å². The quantitative estimate of drug-likeness (QED) is 0.877. The van der Waals surface area contributed by atoms with Crippen LogP contribution in [0.3, 0.4) is 0 Å². The van der Waals surface area contributed by atoms with Crippen molar-refractivity contribution in [3.05, 3.63) is 24.2 Å². The summed E-state index contributed by atoms with van der Waals surface area (Å²) in [6, 6.07) is 4.08. The molecule has 0 radical (unpaired) electrons. The predicted molar refractivity (Wildman–Crippen MR) is 87.8 cm³/mol. The van der Waals surface area contributed by atoms with Gasteiger partial charge < -0.3 is 14.6 Å².